The number of rotatable bonds is 5. The first-order chi connectivity index (χ1) is 41.2. The number of sulfone groups is 1. The number of hydrogen-bond donors (Lipinski definition) is 5. The Balaban J connectivity index is 0.000000129. The summed E-state index contributed by atoms with van der Waals surface area (Å²) in [5, 5.41) is 0. The van der Waals surface area contributed by atoms with Gasteiger partial charge in [-0.2, -0.15) is 0 Å². The summed E-state index contributed by atoms with van der Waals surface area (Å²) in [4.78, 5) is 75.1. The van der Waals surface area contributed by atoms with Crippen LogP contribution in [-0.4, -0.2) is 212 Å². The predicted molar refractivity (Wildman–Crippen MR) is 340 cm³/mol. The smallest absolute Gasteiger partial charge is 0.410 e. The van der Waals surface area contributed by atoms with Crippen molar-refractivity contribution in [3.05, 3.63) is 89.8 Å². The fourth-order valence-electron chi connectivity index (χ4n) is 13.1. The molecule has 13 rings (SSSR count). The van der Waals surface area contributed by atoms with Gasteiger partial charge in [0.25, 0.3) is 0 Å². The number of nitrogens with two attached hydrogens (primary N) is 5. The molecule has 10 N–H and O–H groups in total. The Morgan fingerprint density at radius 3 is 1.31 bits per heavy atom. The highest BCUT2D eigenvalue weighted by Crippen LogP contribution is 2.34. The second kappa shape index (κ2) is 27.5. The molecule has 0 radical (unpaired) electrons. The molecule has 25 nitrogen and oxygen atoms in total. The van der Waals surface area contributed by atoms with Crippen LogP contribution in [0.25, 0.3) is 0 Å². The Kier molecular flexibility index (Phi) is 19.9. The number of nitrogen functional groups attached to an aromatic ring is 5. The van der Waals surface area contributed by atoms with E-state index >= 15 is 0 Å². The molecule has 0 aliphatic carbocycles. The molecule has 0 bridgehead atoms. The highest BCUT2D eigenvalue weighted by atomic mass is 32.2. The zero-order valence-corrected chi connectivity index (χ0v) is 51.6. The number of hydrogen-bond acceptors (Lipinski definition) is 22. The quantitative estimate of drug-likeness (QED) is 0.168. The van der Waals surface area contributed by atoms with Crippen molar-refractivity contribution in [2.24, 2.45) is 0 Å². The number of ether oxygens (including phenoxy) is 1. The van der Waals surface area contributed by atoms with Crippen molar-refractivity contribution in [3.63, 3.8) is 0 Å². The maximum atomic E-state index is 12.3. The number of carbonyl (C=O) groups is 3. The summed E-state index contributed by atoms with van der Waals surface area (Å²) >= 11 is 0. The lowest BCUT2D eigenvalue weighted by atomic mass is 9.98. The normalized spacial score (nSPS) is 21.7. The van der Waals surface area contributed by atoms with Crippen LogP contribution in [0, 0.1) is 34.6 Å². The van der Waals surface area contributed by atoms with Gasteiger partial charge >= 0.3 is 6.09 Å². The summed E-state index contributed by atoms with van der Waals surface area (Å²) in [6.45, 7) is 22.9. The first-order valence-electron chi connectivity index (χ1n) is 29.9. The number of amides is 3. The van der Waals surface area contributed by atoms with E-state index in [0.29, 0.717) is 68.2 Å². The molecule has 5 aromatic heterocycles. The molecule has 2 unspecified atom stereocenters. The van der Waals surface area contributed by atoms with Crippen LogP contribution >= 0.6 is 0 Å². The van der Waals surface area contributed by atoms with E-state index in [1.54, 1.807) is 42.1 Å². The van der Waals surface area contributed by atoms with Crippen molar-refractivity contribution in [2.75, 3.05) is 176 Å². The molecular weight excluding hydrogens is 1110 g/mol. The molecule has 86 heavy (non-hydrogen) atoms. The van der Waals surface area contributed by atoms with Crippen molar-refractivity contribution in [1.82, 2.24) is 44.5 Å². The number of pyridine rings is 5. The highest BCUT2D eigenvalue weighted by Gasteiger charge is 2.40. The van der Waals surface area contributed by atoms with Crippen LogP contribution in [0.4, 0.5) is 61.7 Å². The van der Waals surface area contributed by atoms with E-state index in [0.717, 1.165) is 141 Å². The van der Waals surface area contributed by atoms with E-state index in [2.05, 4.69) is 56.3 Å². The zero-order chi connectivity index (χ0) is 61.4. The number of fused-ring (bicyclic) bond motifs is 3. The largest absolute Gasteiger partial charge is 0.447 e. The molecule has 8 saturated heterocycles. The number of nitrogens with zero attached hydrogens (tertiary/aromatic N) is 14. The Morgan fingerprint density at radius 1 is 0.453 bits per heavy atom. The molecule has 26 heteroatoms. The first-order valence-corrected chi connectivity index (χ1v) is 31.7. The van der Waals surface area contributed by atoms with Gasteiger partial charge in [0.05, 0.1) is 105 Å². The molecular formula is C60H87N19O6S. The maximum Gasteiger partial charge on any atom is 0.410 e. The Labute approximate surface area is 505 Å². The number of anilines is 10. The van der Waals surface area contributed by atoms with Crippen LogP contribution in [0.15, 0.2) is 62.0 Å². The van der Waals surface area contributed by atoms with E-state index < -0.39 is 9.84 Å². The van der Waals surface area contributed by atoms with E-state index in [1.807, 2.05) is 74.2 Å². The minimum absolute atomic E-state index is 0.0468. The predicted octanol–water partition coefficient (Wildman–Crippen LogP) is 3.50. The Bertz CT molecular complexity index is 3220. The monoisotopic (exact) mass is 1200 g/mol. The van der Waals surface area contributed by atoms with Crippen LogP contribution in [-0.2, 0) is 24.2 Å². The van der Waals surface area contributed by atoms with Gasteiger partial charge in [0, 0.05) is 149 Å². The number of cyclic esters (lactones) is 1. The third-order valence-electron chi connectivity index (χ3n) is 17.4. The number of aryl methyl sites for hydroxylation is 5. The molecule has 464 valence electrons. The Morgan fingerprint density at radius 2 is 0.849 bits per heavy atom. The number of likely N-dealkylation sites (N-methyl/N-ethyl adjacent to an activating group) is 1. The van der Waals surface area contributed by atoms with Crippen molar-refractivity contribution in [3.8, 4) is 0 Å². The lowest BCUT2D eigenvalue weighted by molar-refractivity contribution is -0.140. The molecule has 8 fully saturated rings. The number of piperidine rings is 1. The fourth-order valence-corrected chi connectivity index (χ4v) is 14.3. The lowest BCUT2D eigenvalue weighted by Gasteiger charge is -2.46. The van der Waals surface area contributed by atoms with Crippen LogP contribution in [0.2, 0.25) is 0 Å². The summed E-state index contributed by atoms with van der Waals surface area (Å²) < 4.78 is 27.7. The van der Waals surface area contributed by atoms with Crippen molar-refractivity contribution >= 4 is 84.6 Å². The second-order valence-corrected chi connectivity index (χ2v) is 25.8. The van der Waals surface area contributed by atoms with Crippen LogP contribution < -0.4 is 53.2 Å². The average Bonchev–Trinajstić information content (AvgIpc) is 3.87. The molecule has 13 heterocycles. The average molecular weight is 1200 g/mol. The van der Waals surface area contributed by atoms with E-state index in [-0.39, 0.29) is 35.6 Å². The molecule has 3 atom stereocenters. The number of piperazine rings is 4. The number of carbonyl (C=O) groups excluding carboxylic acids is 3. The molecule has 8 aliphatic rings. The summed E-state index contributed by atoms with van der Waals surface area (Å²) in [6.07, 6.45) is 22.7. The zero-order valence-electron chi connectivity index (χ0n) is 50.8. The second-order valence-electron chi connectivity index (χ2n) is 23.5. The van der Waals surface area contributed by atoms with Gasteiger partial charge in [-0.25, -0.2) is 13.2 Å². The van der Waals surface area contributed by atoms with Gasteiger partial charge < -0.3 is 67.7 Å². The fraction of sp³-hybridized carbons (Fsp3) is 0.533. The van der Waals surface area contributed by atoms with Gasteiger partial charge in [-0.05, 0) is 88.1 Å². The number of aromatic nitrogens is 5. The van der Waals surface area contributed by atoms with Gasteiger partial charge in [0.1, 0.15) is 12.6 Å². The third kappa shape index (κ3) is 14.4. The summed E-state index contributed by atoms with van der Waals surface area (Å²) in [7, 11) is -0.968. The van der Waals surface area contributed by atoms with E-state index in [9.17, 15) is 22.8 Å². The standard InChI is InChI=1S/C14H21N5O.C14H20N4O.C12H16N4O2.C10H15N3O2S.C10H15N3/c1-10-7-16-8-11(15)13(10)19-6-5-18-4-3-17(2)14(20)12(18)9-19;1-10-7-16-8-12(15)14(10)17-5-6-18-11(9-17)3-2-4-13(18)19;1-8-4-14-5-10(13)11(8)15-2-3-16-9(6-15)7-18-12(16)17;1-8-6-12-7-9(11)10(8)13-2-4-16(14,15)5-3-13;1-8-6-12-7-9(11)10(8)13-4-2-3-5-13/h7-8,12H,3-6,9,15H2,1-2H3;7-8,11H,2-6,9,15H2,1H3;4-5,9H,2-3,6-7,13H2,1H3;6-7H,2-5,11H2,1H3;6-7H,2-5,11H2,1H3/t;;9-;;/m..1../s1. The SMILES string of the molecule is Cc1cncc(N)c1N1CCCC1.Cc1cncc(N)c1N1CCN2C(=O)CCCC2C1.Cc1cncc(N)c1N1CCN2C(=O)OC[C@H]2C1.Cc1cncc(N)c1N1CCN2CCN(C)C(=O)C2C1.Cc1cncc(N)c1N1CCS(=O)(=O)CC1. The minimum Gasteiger partial charge on any atom is -0.447 e. The summed E-state index contributed by atoms with van der Waals surface area (Å²) in [5.74, 6) is 0.934. The van der Waals surface area contributed by atoms with Crippen molar-refractivity contribution in [2.45, 2.75) is 84.8 Å². The van der Waals surface area contributed by atoms with Crippen LogP contribution in [0.5, 0.6) is 0 Å². The molecule has 3 amide bonds. The van der Waals surface area contributed by atoms with Gasteiger partial charge in [0.15, 0.2) is 9.84 Å². The molecule has 0 spiro atoms. The van der Waals surface area contributed by atoms with E-state index in [4.69, 9.17) is 33.4 Å². The molecule has 8 aliphatic heterocycles. The van der Waals surface area contributed by atoms with Gasteiger partial charge in [-0.1, -0.05) is 0 Å². The van der Waals surface area contributed by atoms with Gasteiger partial charge in [0.2, 0.25) is 11.8 Å². The lowest BCUT2D eigenvalue weighted by Crippen LogP contribution is -2.64. The van der Waals surface area contributed by atoms with Gasteiger partial charge in [-0.3, -0.25) is 44.3 Å². The van der Waals surface area contributed by atoms with Crippen molar-refractivity contribution in [1.29, 1.82) is 0 Å². The first kappa shape index (κ1) is 62.4. The third-order valence-corrected chi connectivity index (χ3v) is 19.0. The van der Waals surface area contributed by atoms with Gasteiger partial charge in [-0.15, -0.1) is 0 Å². The summed E-state index contributed by atoms with van der Waals surface area (Å²) in [5.41, 5.74) is 44.1. The highest BCUT2D eigenvalue weighted by molar-refractivity contribution is 7.91. The summed E-state index contributed by atoms with van der Waals surface area (Å²) in [6, 6.07) is 0.439. The van der Waals surface area contributed by atoms with E-state index in [1.165, 1.54) is 24.1 Å². The minimum atomic E-state index is -2.85. The molecule has 0 saturated carbocycles. The maximum absolute atomic E-state index is 12.3. The van der Waals surface area contributed by atoms with Crippen LogP contribution in [0.1, 0.15) is 59.9 Å². The molecule has 0 aromatic carbocycles. The Hall–Kier alpha value is -8.13. The molecule has 5 aromatic rings. The van der Waals surface area contributed by atoms with Crippen LogP contribution in [0.3, 0.4) is 0 Å². The topological polar surface area (TPSA) is 318 Å². The van der Waals surface area contributed by atoms with Crippen molar-refractivity contribution < 1.29 is 27.5 Å².